The molecule has 1 fully saturated rings. The number of benzene rings is 1. The molecule has 0 saturated carbocycles. The third kappa shape index (κ3) is 4.39. The number of halogens is 1. The summed E-state index contributed by atoms with van der Waals surface area (Å²) in [7, 11) is 1.37. The number of nitrogens with one attached hydrogen (secondary N) is 1. The van der Waals surface area contributed by atoms with E-state index < -0.39 is 29.0 Å². The van der Waals surface area contributed by atoms with Gasteiger partial charge in [0.05, 0.1) is 20.2 Å². The van der Waals surface area contributed by atoms with Gasteiger partial charge < -0.3 is 19.5 Å². The van der Waals surface area contributed by atoms with Crippen molar-refractivity contribution >= 4 is 12.1 Å². The molecule has 0 unspecified atom stereocenters. The molecule has 0 atom stereocenters. The van der Waals surface area contributed by atoms with E-state index >= 15 is 0 Å². The molecule has 0 bridgehead atoms. The molecule has 8 heteroatoms. The zero-order chi connectivity index (χ0) is 18.8. The summed E-state index contributed by atoms with van der Waals surface area (Å²) >= 11 is 0. The van der Waals surface area contributed by atoms with Gasteiger partial charge in [0.25, 0.3) is 0 Å². The minimum atomic E-state index is -1.27. The lowest BCUT2D eigenvalue weighted by molar-refractivity contribution is -0.152. The number of rotatable bonds is 5. The Hall–Kier alpha value is -2.35. The highest BCUT2D eigenvalue weighted by molar-refractivity contribution is 5.84. The molecule has 1 aliphatic heterocycles. The molecule has 7 nitrogen and oxygen atoms in total. The highest BCUT2D eigenvalue weighted by atomic mass is 19.1. The van der Waals surface area contributed by atoms with E-state index in [0.717, 1.165) is 0 Å². The maximum absolute atomic E-state index is 13.7. The number of carboxylic acids is 1. The van der Waals surface area contributed by atoms with E-state index in [1.54, 1.807) is 26.8 Å². The smallest absolute Gasteiger partial charge is 0.410 e. The molecule has 1 aromatic carbocycles. The summed E-state index contributed by atoms with van der Waals surface area (Å²) in [5.41, 5.74) is -1.34. The highest BCUT2D eigenvalue weighted by Gasteiger charge is 2.52. The molecular formula is C17H23FN2O5. The van der Waals surface area contributed by atoms with Gasteiger partial charge in [-0.15, -0.1) is 0 Å². The van der Waals surface area contributed by atoms with Crippen LogP contribution in [0, 0.1) is 5.82 Å². The molecule has 1 saturated heterocycles. The normalized spacial score (nSPS) is 16.1. The van der Waals surface area contributed by atoms with Crippen LogP contribution in [-0.2, 0) is 16.1 Å². The van der Waals surface area contributed by atoms with Crippen LogP contribution in [0.25, 0.3) is 0 Å². The highest BCUT2D eigenvalue weighted by Crippen LogP contribution is 2.25. The number of amides is 1. The van der Waals surface area contributed by atoms with Gasteiger partial charge >= 0.3 is 12.1 Å². The van der Waals surface area contributed by atoms with Crippen molar-refractivity contribution in [3.63, 3.8) is 0 Å². The topological polar surface area (TPSA) is 88.1 Å². The largest absolute Gasteiger partial charge is 0.494 e. The molecule has 1 aliphatic rings. The molecule has 0 radical (unpaired) electrons. The summed E-state index contributed by atoms with van der Waals surface area (Å²) < 4.78 is 23.8. The molecule has 2 N–H and O–H groups in total. The molecule has 0 aromatic heterocycles. The van der Waals surface area contributed by atoms with Gasteiger partial charge in [-0.3, -0.25) is 10.1 Å². The molecule has 25 heavy (non-hydrogen) atoms. The maximum atomic E-state index is 13.7. The predicted molar refractivity (Wildman–Crippen MR) is 88.0 cm³/mol. The Balaban J connectivity index is 1.98. The minimum Gasteiger partial charge on any atom is -0.494 e. The van der Waals surface area contributed by atoms with E-state index in [1.165, 1.54) is 24.1 Å². The Morgan fingerprint density at radius 2 is 2.00 bits per heavy atom. The zero-order valence-electron chi connectivity index (χ0n) is 14.8. The molecule has 2 rings (SSSR count). The number of hydrogen-bond acceptors (Lipinski definition) is 5. The minimum absolute atomic E-state index is 0.0180. The van der Waals surface area contributed by atoms with Gasteiger partial charge in [0, 0.05) is 6.54 Å². The second-order valence-electron chi connectivity index (χ2n) is 7.05. The predicted octanol–water partition coefficient (Wildman–Crippen LogP) is 2.00. The third-order valence-corrected chi connectivity index (χ3v) is 3.83. The third-order valence-electron chi connectivity index (χ3n) is 3.83. The van der Waals surface area contributed by atoms with Crippen LogP contribution in [0.5, 0.6) is 5.75 Å². The van der Waals surface area contributed by atoms with Crippen LogP contribution in [0.1, 0.15) is 26.3 Å². The number of hydrogen-bond donors (Lipinski definition) is 2. The van der Waals surface area contributed by atoms with Crippen molar-refractivity contribution in [1.29, 1.82) is 0 Å². The number of aliphatic carboxylic acids is 1. The van der Waals surface area contributed by atoms with E-state index in [9.17, 15) is 19.1 Å². The molecule has 0 spiro atoms. The Morgan fingerprint density at radius 3 is 2.48 bits per heavy atom. The van der Waals surface area contributed by atoms with Crippen molar-refractivity contribution in [2.24, 2.45) is 0 Å². The lowest BCUT2D eigenvalue weighted by Crippen LogP contribution is -2.74. The molecule has 1 heterocycles. The Morgan fingerprint density at radius 1 is 1.36 bits per heavy atom. The Bertz CT molecular complexity index is 665. The van der Waals surface area contributed by atoms with Gasteiger partial charge in [0.2, 0.25) is 0 Å². The molecular weight excluding hydrogens is 331 g/mol. The van der Waals surface area contributed by atoms with Crippen molar-refractivity contribution in [3.8, 4) is 5.75 Å². The lowest BCUT2D eigenvalue weighted by atomic mass is 9.90. The van der Waals surface area contributed by atoms with Gasteiger partial charge in [-0.1, -0.05) is 6.07 Å². The number of ether oxygens (including phenoxy) is 2. The summed E-state index contributed by atoms with van der Waals surface area (Å²) in [6.07, 6.45) is -0.554. The van der Waals surface area contributed by atoms with Gasteiger partial charge in [-0.2, -0.15) is 0 Å². The van der Waals surface area contributed by atoms with Gasteiger partial charge in [-0.05, 0) is 38.5 Å². The van der Waals surface area contributed by atoms with E-state index in [4.69, 9.17) is 9.47 Å². The fourth-order valence-corrected chi connectivity index (χ4v) is 2.47. The van der Waals surface area contributed by atoms with Crippen LogP contribution in [0.2, 0.25) is 0 Å². The second-order valence-corrected chi connectivity index (χ2v) is 7.05. The summed E-state index contributed by atoms with van der Waals surface area (Å²) in [5, 5.41) is 12.4. The zero-order valence-corrected chi connectivity index (χ0v) is 14.8. The SMILES string of the molecule is COc1ccc(CNC2(C(=O)O)CN(C(=O)OC(C)(C)C)C2)cc1F. The van der Waals surface area contributed by atoms with Crippen LogP contribution in [-0.4, -0.2) is 53.4 Å². The number of carbonyl (C=O) groups excluding carboxylic acids is 1. The van der Waals surface area contributed by atoms with E-state index in [0.29, 0.717) is 5.56 Å². The van der Waals surface area contributed by atoms with Gasteiger partial charge in [-0.25, -0.2) is 9.18 Å². The average molecular weight is 354 g/mol. The summed E-state index contributed by atoms with van der Waals surface area (Å²) in [6.45, 7) is 5.34. The van der Waals surface area contributed by atoms with Crippen molar-refractivity contribution in [1.82, 2.24) is 10.2 Å². The molecule has 1 amide bonds. The maximum Gasteiger partial charge on any atom is 0.410 e. The molecule has 138 valence electrons. The standard InChI is InChI=1S/C17H23FN2O5/c1-16(2,3)25-15(23)20-9-17(10-20,14(21)22)19-8-11-5-6-13(24-4)12(18)7-11/h5-7,19H,8-10H2,1-4H3,(H,21,22). The van der Waals surface area contributed by atoms with Crippen LogP contribution >= 0.6 is 0 Å². The van der Waals surface area contributed by atoms with E-state index in [1.807, 2.05) is 0 Å². The van der Waals surface area contributed by atoms with Crippen LogP contribution in [0.15, 0.2) is 18.2 Å². The number of carboxylic acid groups (broad SMARTS) is 1. The fourth-order valence-electron chi connectivity index (χ4n) is 2.47. The van der Waals surface area contributed by atoms with Crippen LogP contribution in [0.4, 0.5) is 9.18 Å². The first kappa shape index (κ1) is 19.0. The monoisotopic (exact) mass is 354 g/mol. The first-order valence-corrected chi connectivity index (χ1v) is 7.85. The lowest BCUT2D eigenvalue weighted by Gasteiger charge is -2.47. The van der Waals surface area contributed by atoms with Crippen molar-refractivity contribution in [2.75, 3.05) is 20.2 Å². The van der Waals surface area contributed by atoms with Crippen LogP contribution in [0.3, 0.4) is 0 Å². The quantitative estimate of drug-likeness (QED) is 0.841. The van der Waals surface area contributed by atoms with E-state index in [2.05, 4.69) is 5.32 Å². The summed E-state index contributed by atoms with van der Waals surface area (Å²) in [4.78, 5) is 24.9. The van der Waals surface area contributed by atoms with Crippen molar-refractivity contribution in [3.05, 3.63) is 29.6 Å². The first-order valence-electron chi connectivity index (χ1n) is 7.85. The number of likely N-dealkylation sites (tertiary alicyclic amines) is 1. The number of nitrogens with zero attached hydrogens (tertiary/aromatic N) is 1. The van der Waals surface area contributed by atoms with Crippen LogP contribution < -0.4 is 10.1 Å². The van der Waals surface area contributed by atoms with Gasteiger partial charge in [0.1, 0.15) is 5.60 Å². The fraction of sp³-hybridized carbons (Fsp3) is 0.529. The first-order chi connectivity index (χ1) is 11.6. The number of carbonyl (C=O) groups is 2. The van der Waals surface area contributed by atoms with Gasteiger partial charge in [0.15, 0.2) is 17.1 Å². The number of methoxy groups -OCH3 is 1. The average Bonchev–Trinajstić information content (AvgIpc) is 2.43. The van der Waals surface area contributed by atoms with E-state index in [-0.39, 0.29) is 25.4 Å². The molecule has 0 aliphatic carbocycles. The molecule has 1 aromatic rings. The summed E-state index contributed by atoms with van der Waals surface area (Å²) in [5.74, 6) is -1.46. The van der Waals surface area contributed by atoms with Crippen molar-refractivity contribution < 1.29 is 28.6 Å². The Kier molecular flexibility index (Phi) is 5.22. The second kappa shape index (κ2) is 6.87. The summed E-state index contributed by atoms with van der Waals surface area (Å²) in [6, 6.07) is 4.41. The van der Waals surface area contributed by atoms with Crippen molar-refractivity contribution in [2.45, 2.75) is 38.5 Å². The Labute approximate surface area is 145 Å².